The van der Waals surface area contributed by atoms with Crippen molar-refractivity contribution in [3.63, 3.8) is 0 Å². The minimum atomic E-state index is 0.638. The maximum Gasteiger partial charge on any atom is 0.191 e. The second kappa shape index (κ2) is 7.34. The molecule has 0 atom stereocenters. The molecule has 23 heavy (non-hydrogen) atoms. The average molecular weight is 365 g/mol. The highest BCUT2D eigenvalue weighted by Gasteiger charge is 2.14. The molecule has 4 nitrogen and oxygen atoms in total. The zero-order valence-corrected chi connectivity index (χ0v) is 14.7. The first-order chi connectivity index (χ1) is 11.2. The maximum atomic E-state index is 6.22. The van der Waals surface area contributed by atoms with Crippen molar-refractivity contribution in [2.24, 2.45) is 0 Å². The molecule has 1 aromatic carbocycles. The zero-order chi connectivity index (χ0) is 16.2. The van der Waals surface area contributed by atoms with E-state index in [2.05, 4.69) is 26.7 Å². The van der Waals surface area contributed by atoms with Crippen LogP contribution in [0.2, 0.25) is 10.0 Å². The first-order valence-electron chi connectivity index (χ1n) is 7.09. The molecular weight excluding hydrogens is 351 g/mol. The van der Waals surface area contributed by atoms with Crippen molar-refractivity contribution in [3.8, 4) is 11.4 Å². The van der Waals surface area contributed by atoms with Gasteiger partial charge in [-0.05, 0) is 36.8 Å². The molecule has 0 aliphatic heterocycles. The number of hydrogen-bond donors (Lipinski definition) is 0. The van der Waals surface area contributed by atoms with E-state index in [-0.39, 0.29) is 0 Å². The zero-order valence-electron chi connectivity index (χ0n) is 12.4. The van der Waals surface area contributed by atoms with Crippen LogP contribution in [-0.2, 0) is 12.3 Å². The van der Waals surface area contributed by atoms with Crippen LogP contribution in [0, 0.1) is 0 Å². The van der Waals surface area contributed by atoms with Crippen molar-refractivity contribution >= 4 is 35.0 Å². The summed E-state index contributed by atoms with van der Waals surface area (Å²) in [6, 6.07) is 9.41. The Bertz CT molecular complexity index is 805. The fraction of sp³-hybridized carbons (Fsp3) is 0.188. The number of pyridine rings is 1. The van der Waals surface area contributed by atoms with Gasteiger partial charge in [-0.3, -0.25) is 4.98 Å². The Labute approximate surface area is 148 Å². The highest BCUT2D eigenvalue weighted by molar-refractivity contribution is 7.98. The Balaban J connectivity index is 1.82. The standard InChI is InChI=1S/C16H14Cl2N4S/c1-2-22-15(11-4-3-7-19-9-11)20-21-16(22)23-10-12-5-6-13(17)8-14(12)18/h3-9H,2,10H2,1H3. The molecule has 3 aromatic rings. The van der Waals surface area contributed by atoms with Crippen molar-refractivity contribution in [1.82, 2.24) is 19.7 Å². The predicted molar refractivity (Wildman–Crippen MR) is 95.0 cm³/mol. The van der Waals surface area contributed by atoms with Gasteiger partial charge in [0.15, 0.2) is 11.0 Å². The average Bonchev–Trinajstić information content (AvgIpc) is 2.98. The van der Waals surface area contributed by atoms with E-state index in [4.69, 9.17) is 23.2 Å². The Kier molecular flexibility index (Phi) is 5.20. The van der Waals surface area contributed by atoms with Gasteiger partial charge in [-0.25, -0.2) is 0 Å². The molecule has 0 unspecified atom stereocenters. The molecule has 0 fully saturated rings. The number of halogens is 2. The van der Waals surface area contributed by atoms with Gasteiger partial charge < -0.3 is 4.57 Å². The minimum Gasteiger partial charge on any atom is -0.302 e. The molecule has 0 amide bonds. The topological polar surface area (TPSA) is 43.6 Å². The van der Waals surface area contributed by atoms with Crippen molar-refractivity contribution < 1.29 is 0 Å². The van der Waals surface area contributed by atoms with Crippen LogP contribution < -0.4 is 0 Å². The first kappa shape index (κ1) is 16.3. The lowest BCUT2D eigenvalue weighted by Crippen LogP contribution is -2.00. The van der Waals surface area contributed by atoms with Crippen molar-refractivity contribution in [3.05, 3.63) is 58.3 Å². The molecule has 0 radical (unpaired) electrons. The first-order valence-corrected chi connectivity index (χ1v) is 8.83. The fourth-order valence-electron chi connectivity index (χ4n) is 2.17. The van der Waals surface area contributed by atoms with Crippen LogP contribution in [0.4, 0.5) is 0 Å². The van der Waals surface area contributed by atoms with Crippen LogP contribution in [0.3, 0.4) is 0 Å². The van der Waals surface area contributed by atoms with E-state index in [9.17, 15) is 0 Å². The monoisotopic (exact) mass is 364 g/mol. The summed E-state index contributed by atoms with van der Waals surface area (Å²) in [6.45, 7) is 2.86. The summed E-state index contributed by atoms with van der Waals surface area (Å²) >= 11 is 13.8. The SMILES string of the molecule is CCn1c(SCc2ccc(Cl)cc2Cl)nnc1-c1cccnc1. The summed E-state index contributed by atoms with van der Waals surface area (Å²) in [5.74, 6) is 1.53. The summed E-state index contributed by atoms with van der Waals surface area (Å²) < 4.78 is 2.07. The largest absolute Gasteiger partial charge is 0.302 e. The smallest absolute Gasteiger partial charge is 0.191 e. The molecule has 0 bridgehead atoms. The van der Waals surface area contributed by atoms with Crippen LogP contribution in [0.25, 0.3) is 11.4 Å². The van der Waals surface area contributed by atoms with Gasteiger partial charge in [0.25, 0.3) is 0 Å². The number of rotatable bonds is 5. The lowest BCUT2D eigenvalue weighted by atomic mass is 10.2. The van der Waals surface area contributed by atoms with Gasteiger partial charge in [-0.15, -0.1) is 10.2 Å². The molecule has 0 aliphatic carbocycles. The number of aromatic nitrogens is 4. The Morgan fingerprint density at radius 2 is 2.04 bits per heavy atom. The van der Waals surface area contributed by atoms with Gasteiger partial charge in [0.05, 0.1) is 0 Å². The number of benzene rings is 1. The third-order valence-electron chi connectivity index (χ3n) is 3.32. The van der Waals surface area contributed by atoms with Crippen LogP contribution in [0.15, 0.2) is 47.9 Å². The van der Waals surface area contributed by atoms with E-state index >= 15 is 0 Å². The predicted octanol–water partition coefficient (Wildman–Crippen LogP) is 4.96. The fourth-order valence-corrected chi connectivity index (χ4v) is 3.73. The number of nitrogens with zero attached hydrogens (tertiary/aromatic N) is 4. The maximum absolute atomic E-state index is 6.22. The normalized spacial score (nSPS) is 10.9. The lowest BCUT2D eigenvalue weighted by molar-refractivity contribution is 0.687. The van der Waals surface area contributed by atoms with E-state index < -0.39 is 0 Å². The molecule has 0 N–H and O–H groups in total. The minimum absolute atomic E-state index is 0.638. The Hall–Kier alpha value is -1.56. The highest BCUT2D eigenvalue weighted by Crippen LogP contribution is 2.29. The Morgan fingerprint density at radius 3 is 2.74 bits per heavy atom. The lowest BCUT2D eigenvalue weighted by Gasteiger charge is -2.08. The second-order valence-corrected chi connectivity index (χ2v) is 6.60. The third-order valence-corrected chi connectivity index (χ3v) is 4.93. The van der Waals surface area contributed by atoms with Crippen LogP contribution in [0.1, 0.15) is 12.5 Å². The highest BCUT2D eigenvalue weighted by atomic mass is 35.5. The van der Waals surface area contributed by atoms with E-state index in [0.717, 1.165) is 28.7 Å². The molecule has 0 aliphatic rings. The van der Waals surface area contributed by atoms with Gasteiger partial charge >= 0.3 is 0 Å². The Morgan fingerprint density at radius 1 is 1.17 bits per heavy atom. The summed E-state index contributed by atoms with van der Waals surface area (Å²) in [5, 5.41) is 10.8. The molecular formula is C16H14Cl2N4S. The summed E-state index contributed by atoms with van der Waals surface area (Å²) in [7, 11) is 0. The quantitative estimate of drug-likeness (QED) is 0.600. The van der Waals surface area contributed by atoms with Gasteiger partial charge in [0, 0.05) is 40.3 Å². The molecule has 2 aromatic heterocycles. The van der Waals surface area contributed by atoms with Crippen LogP contribution in [0.5, 0.6) is 0 Å². The molecule has 0 spiro atoms. The van der Waals surface area contributed by atoms with Crippen molar-refractivity contribution in [2.45, 2.75) is 24.4 Å². The second-order valence-electron chi connectivity index (χ2n) is 4.82. The van der Waals surface area contributed by atoms with E-state index in [1.54, 1.807) is 30.2 Å². The molecule has 118 valence electrons. The molecule has 2 heterocycles. The number of thioether (sulfide) groups is 1. The summed E-state index contributed by atoms with van der Waals surface area (Å²) in [5.41, 5.74) is 1.98. The van der Waals surface area contributed by atoms with Gasteiger partial charge in [0.1, 0.15) is 0 Å². The molecule has 0 saturated carbocycles. The third kappa shape index (κ3) is 3.68. The van der Waals surface area contributed by atoms with Crippen molar-refractivity contribution in [2.75, 3.05) is 0 Å². The molecule has 7 heteroatoms. The van der Waals surface area contributed by atoms with Crippen LogP contribution in [-0.4, -0.2) is 19.7 Å². The van der Waals surface area contributed by atoms with Crippen LogP contribution >= 0.6 is 35.0 Å². The molecule has 0 saturated heterocycles. The van der Waals surface area contributed by atoms with Crippen molar-refractivity contribution in [1.29, 1.82) is 0 Å². The van der Waals surface area contributed by atoms with Gasteiger partial charge in [-0.1, -0.05) is 41.0 Å². The van der Waals surface area contributed by atoms with E-state index in [1.165, 1.54) is 0 Å². The molecule has 3 rings (SSSR count). The van der Waals surface area contributed by atoms with E-state index in [1.807, 2.05) is 24.3 Å². The number of hydrogen-bond acceptors (Lipinski definition) is 4. The van der Waals surface area contributed by atoms with Gasteiger partial charge in [-0.2, -0.15) is 0 Å². The van der Waals surface area contributed by atoms with E-state index in [0.29, 0.717) is 15.8 Å². The van der Waals surface area contributed by atoms with Gasteiger partial charge in [0.2, 0.25) is 0 Å². The summed E-state index contributed by atoms with van der Waals surface area (Å²) in [6.07, 6.45) is 3.54. The summed E-state index contributed by atoms with van der Waals surface area (Å²) in [4.78, 5) is 4.14.